The second kappa shape index (κ2) is 7.77. The summed E-state index contributed by atoms with van der Waals surface area (Å²) in [7, 11) is 0. The molecule has 0 saturated carbocycles. The molecule has 0 bridgehead atoms. The number of para-hydroxylation sites is 1. The number of nitriles is 1. The SMILES string of the molecule is Cc1cc2nc(NC3CCN(Cc4cccc(C#N)c4)CC3)c3ccccc3n2n1. The molecule has 150 valence electrons. The molecule has 1 fully saturated rings. The summed E-state index contributed by atoms with van der Waals surface area (Å²) in [5.41, 5.74) is 4.86. The molecule has 1 N–H and O–H groups in total. The molecule has 1 saturated heterocycles. The summed E-state index contributed by atoms with van der Waals surface area (Å²) in [5.74, 6) is 0.943. The zero-order valence-corrected chi connectivity index (χ0v) is 17.0. The number of anilines is 1. The average Bonchev–Trinajstić information content (AvgIpc) is 3.16. The van der Waals surface area contributed by atoms with Gasteiger partial charge in [0, 0.05) is 37.1 Å². The molecule has 0 spiro atoms. The largest absolute Gasteiger partial charge is 0.367 e. The Hall–Kier alpha value is -3.43. The van der Waals surface area contributed by atoms with Crippen molar-refractivity contribution in [2.45, 2.75) is 32.4 Å². The molecule has 0 radical (unpaired) electrons. The van der Waals surface area contributed by atoms with Crippen LogP contribution in [0.15, 0.2) is 54.6 Å². The molecule has 0 amide bonds. The van der Waals surface area contributed by atoms with Gasteiger partial charge in [0.2, 0.25) is 0 Å². The van der Waals surface area contributed by atoms with Gasteiger partial charge in [-0.3, -0.25) is 4.90 Å². The fourth-order valence-corrected chi connectivity index (χ4v) is 4.31. The van der Waals surface area contributed by atoms with Gasteiger partial charge >= 0.3 is 0 Å². The van der Waals surface area contributed by atoms with Crippen LogP contribution in [0.4, 0.5) is 5.82 Å². The first-order valence-electron chi connectivity index (χ1n) is 10.4. The molecule has 2 aromatic heterocycles. The lowest BCUT2D eigenvalue weighted by Gasteiger charge is -2.32. The van der Waals surface area contributed by atoms with Crippen molar-refractivity contribution in [2.24, 2.45) is 0 Å². The molecule has 2 aromatic carbocycles. The quantitative estimate of drug-likeness (QED) is 0.561. The van der Waals surface area contributed by atoms with Gasteiger partial charge < -0.3 is 5.32 Å². The molecule has 1 aliphatic rings. The van der Waals surface area contributed by atoms with Crippen LogP contribution in [0.2, 0.25) is 0 Å². The van der Waals surface area contributed by atoms with E-state index in [1.54, 1.807) is 0 Å². The summed E-state index contributed by atoms with van der Waals surface area (Å²) in [5, 5.41) is 18.5. The summed E-state index contributed by atoms with van der Waals surface area (Å²) in [6.07, 6.45) is 2.13. The number of likely N-dealkylation sites (tertiary alicyclic amines) is 1. The van der Waals surface area contributed by atoms with Gasteiger partial charge in [-0.2, -0.15) is 10.4 Å². The maximum absolute atomic E-state index is 9.10. The van der Waals surface area contributed by atoms with E-state index in [0.717, 1.165) is 66.1 Å². The van der Waals surface area contributed by atoms with E-state index in [-0.39, 0.29) is 0 Å². The molecular weight excluding hydrogens is 372 g/mol. The number of piperidine rings is 1. The molecule has 5 rings (SSSR count). The standard InChI is InChI=1S/C24H24N6/c1-17-13-23-27-24(21-7-2-3-8-22(21)30(23)28-17)26-20-9-11-29(12-10-20)16-19-6-4-5-18(14-19)15-25/h2-8,13-14,20H,9-12,16H2,1H3,(H,26,27). The van der Waals surface area contributed by atoms with Crippen molar-refractivity contribution in [1.82, 2.24) is 19.5 Å². The van der Waals surface area contributed by atoms with Crippen LogP contribution in [0, 0.1) is 18.3 Å². The first-order valence-corrected chi connectivity index (χ1v) is 10.4. The van der Waals surface area contributed by atoms with E-state index in [1.165, 1.54) is 5.56 Å². The van der Waals surface area contributed by atoms with Crippen LogP contribution in [0.1, 0.15) is 29.7 Å². The molecule has 1 aliphatic heterocycles. The summed E-state index contributed by atoms with van der Waals surface area (Å²) in [4.78, 5) is 7.33. The lowest BCUT2D eigenvalue weighted by atomic mass is 10.0. The normalized spacial score (nSPS) is 15.5. The highest BCUT2D eigenvalue weighted by atomic mass is 15.3. The van der Waals surface area contributed by atoms with Crippen molar-refractivity contribution in [3.8, 4) is 6.07 Å². The van der Waals surface area contributed by atoms with Crippen molar-refractivity contribution in [2.75, 3.05) is 18.4 Å². The smallest absolute Gasteiger partial charge is 0.158 e. The zero-order valence-electron chi connectivity index (χ0n) is 17.0. The minimum atomic E-state index is 0.397. The number of fused-ring (bicyclic) bond motifs is 3. The lowest BCUT2D eigenvalue weighted by Crippen LogP contribution is -2.38. The molecule has 6 nitrogen and oxygen atoms in total. The number of nitrogens with one attached hydrogen (secondary N) is 1. The molecular formula is C24H24N6. The zero-order chi connectivity index (χ0) is 20.5. The maximum Gasteiger partial charge on any atom is 0.158 e. The molecule has 3 heterocycles. The fraction of sp³-hybridized carbons (Fsp3) is 0.292. The van der Waals surface area contributed by atoms with Crippen LogP contribution >= 0.6 is 0 Å². The fourth-order valence-electron chi connectivity index (χ4n) is 4.31. The van der Waals surface area contributed by atoms with Gasteiger partial charge in [-0.25, -0.2) is 9.50 Å². The average molecular weight is 396 g/mol. The van der Waals surface area contributed by atoms with E-state index in [9.17, 15) is 0 Å². The number of hydrogen-bond donors (Lipinski definition) is 1. The number of aromatic nitrogens is 3. The van der Waals surface area contributed by atoms with E-state index < -0.39 is 0 Å². The molecule has 0 unspecified atom stereocenters. The molecule has 0 aliphatic carbocycles. The van der Waals surface area contributed by atoms with Crippen LogP contribution in [-0.4, -0.2) is 38.6 Å². The van der Waals surface area contributed by atoms with Crippen molar-refractivity contribution >= 4 is 22.4 Å². The van der Waals surface area contributed by atoms with Gasteiger partial charge in [0.15, 0.2) is 5.65 Å². The van der Waals surface area contributed by atoms with Crippen LogP contribution in [-0.2, 0) is 6.54 Å². The van der Waals surface area contributed by atoms with Crippen LogP contribution < -0.4 is 5.32 Å². The lowest BCUT2D eigenvalue weighted by molar-refractivity contribution is 0.211. The number of benzene rings is 2. The third kappa shape index (κ3) is 3.60. The van der Waals surface area contributed by atoms with Gasteiger partial charge in [-0.15, -0.1) is 0 Å². The van der Waals surface area contributed by atoms with Gasteiger partial charge in [0.1, 0.15) is 5.82 Å². The number of aryl methyl sites for hydroxylation is 1. The van der Waals surface area contributed by atoms with E-state index in [1.807, 2.05) is 41.8 Å². The van der Waals surface area contributed by atoms with E-state index >= 15 is 0 Å². The number of nitrogens with zero attached hydrogens (tertiary/aromatic N) is 5. The van der Waals surface area contributed by atoms with Gasteiger partial charge in [-0.05, 0) is 49.6 Å². The minimum Gasteiger partial charge on any atom is -0.367 e. The second-order valence-corrected chi connectivity index (χ2v) is 8.04. The van der Waals surface area contributed by atoms with E-state index in [2.05, 4.69) is 45.7 Å². The first kappa shape index (κ1) is 18.6. The van der Waals surface area contributed by atoms with E-state index in [4.69, 9.17) is 10.2 Å². The van der Waals surface area contributed by atoms with Crippen LogP contribution in [0.5, 0.6) is 0 Å². The molecule has 0 atom stereocenters. The van der Waals surface area contributed by atoms with E-state index in [0.29, 0.717) is 6.04 Å². The third-order valence-corrected chi connectivity index (χ3v) is 5.82. The predicted octanol–water partition coefficient (Wildman–Crippen LogP) is 4.14. The van der Waals surface area contributed by atoms with Gasteiger partial charge in [0.05, 0.1) is 22.8 Å². The van der Waals surface area contributed by atoms with Gasteiger partial charge in [0.25, 0.3) is 0 Å². The summed E-state index contributed by atoms with van der Waals surface area (Å²) in [6.45, 7) is 4.95. The first-order chi connectivity index (χ1) is 14.7. The summed E-state index contributed by atoms with van der Waals surface area (Å²) in [6, 6.07) is 20.9. The Kier molecular flexibility index (Phi) is 4.82. The Morgan fingerprint density at radius 3 is 2.77 bits per heavy atom. The number of rotatable bonds is 4. The Labute approximate surface area is 175 Å². The summed E-state index contributed by atoms with van der Waals surface area (Å²) >= 11 is 0. The predicted molar refractivity (Wildman–Crippen MR) is 118 cm³/mol. The third-order valence-electron chi connectivity index (χ3n) is 5.82. The van der Waals surface area contributed by atoms with Crippen molar-refractivity contribution in [3.05, 3.63) is 71.4 Å². The summed E-state index contributed by atoms with van der Waals surface area (Å²) < 4.78 is 1.92. The highest BCUT2D eigenvalue weighted by molar-refractivity contribution is 5.91. The maximum atomic E-state index is 9.10. The Morgan fingerprint density at radius 1 is 1.10 bits per heavy atom. The molecule has 30 heavy (non-hydrogen) atoms. The Balaban J connectivity index is 1.30. The van der Waals surface area contributed by atoms with Crippen molar-refractivity contribution in [3.63, 3.8) is 0 Å². The molecule has 4 aromatic rings. The van der Waals surface area contributed by atoms with Crippen molar-refractivity contribution < 1.29 is 0 Å². The Morgan fingerprint density at radius 2 is 1.93 bits per heavy atom. The van der Waals surface area contributed by atoms with Crippen LogP contribution in [0.3, 0.4) is 0 Å². The minimum absolute atomic E-state index is 0.397. The van der Waals surface area contributed by atoms with Crippen LogP contribution in [0.25, 0.3) is 16.6 Å². The Bertz CT molecular complexity index is 1240. The topological polar surface area (TPSA) is 69.2 Å². The molecule has 6 heteroatoms. The van der Waals surface area contributed by atoms with Gasteiger partial charge in [-0.1, -0.05) is 24.3 Å². The van der Waals surface area contributed by atoms with Crippen molar-refractivity contribution in [1.29, 1.82) is 5.26 Å². The highest BCUT2D eigenvalue weighted by Gasteiger charge is 2.21. The monoisotopic (exact) mass is 396 g/mol. The highest BCUT2D eigenvalue weighted by Crippen LogP contribution is 2.26. The second-order valence-electron chi connectivity index (χ2n) is 8.04. The number of hydrogen-bond acceptors (Lipinski definition) is 5.